The molecule has 1 fully saturated rings. The number of carbonyl (C=O) groups excluding carboxylic acids is 2. The van der Waals surface area contributed by atoms with Gasteiger partial charge in [0.2, 0.25) is 11.6 Å². The summed E-state index contributed by atoms with van der Waals surface area (Å²) in [6.45, 7) is 4.78. The Morgan fingerprint density at radius 2 is 1.61 bits per heavy atom. The summed E-state index contributed by atoms with van der Waals surface area (Å²) >= 11 is 0. The van der Waals surface area contributed by atoms with Gasteiger partial charge in [0.1, 0.15) is 5.82 Å². The molecule has 0 unspecified atom stereocenters. The molecule has 3 aromatic rings. The number of benzene rings is 1. The molecule has 1 aliphatic carbocycles. The predicted octanol–water partition coefficient (Wildman–Crippen LogP) is 1.11. The molecule has 0 bridgehead atoms. The summed E-state index contributed by atoms with van der Waals surface area (Å²) in [4.78, 5) is 47.1. The summed E-state index contributed by atoms with van der Waals surface area (Å²) in [5.74, 6) is 0.381. The standard InChI is InChI=1S/C22H22N6O3/c29-21-16-6-1-2-7-17(16)22(30)20-19(21)24-28(31)27(20)11-5-10-25-12-14-26(15-13-25)18-8-3-4-9-23-18/h1-4,6-9H,5,10-15H2/p+1. The van der Waals surface area contributed by atoms with Gasteiger partial charge in [0, 0.05) is 50.0 Å². The van der Waals surface area contributed by atoms with Gasteiger partial charge in [-0.05, 0) is 18.6 Å². The average Bonchev–Trinajstić information content (AvgIpc) is 3.15. The lowest BCUT2D eigenvalue weighted by atomic mass is 9.90. The van der Waals surface area contributed by atoms with Crippen LogP contribution in [-0.2, 0) is 6.54 Å². The first kappa shape index (κ1) is 19.4. The largest absolute Gasteiger partial charge is 0.354 e. The van der Waals surface area contributed by atoms with Crippen LogP contribution in [0.25, 0.3) is 0 Å². The summed E-state index contributed by atoms with van der Waals surface area (Å²) in [5, 5.41) is 2.53. The smallest absolute Gasteiger partial charge is 0.258 e. The van der Waals surface area contributed by atoms with E-state index in [0.29, 0.717) is 28.7 Å². The van der Waals surface area contributed by atoms with Gasteiger partial charge in [0.25, 0.3) is 4.66 Å². The zero-order valence-corrected chi connectivity index (χ0v) is 17.0. The van der Waals surface area contributed by atoms with E-state index in [1.54, 1.807) is 30.5 Å². The van der Waals surface area contributed by atoms with E-state index >= 15 is 0 Å². The highest BCUT2D eigenvalue weighted by molar-refractivity contribution is 6.26. The van der Waals surface area contributed by atoms with E-state index in [4.69, 9.17) is 0 Å². The number of carbonyl (C=O) groups is 2. The van der Waals surface area contributed by atoms with Crippen LogP contribution in [0.5, 0.6) is 0 Å². The van der Waals surface area contributed by atoms with Crippen molar-refractivity contribution in [2.75, 3.05) is 37.6 Å². The monoisotopic (exact) mass is 419 g/mol. The van der Waals surface area contributed by atoms with Crippen LogP contribution in [0.3, 0.4) is 0 Å². The summed E-state index contributed by atoms with van der Waals surface area (Å²) in [7, 11) is 0. The Hall–Kier alpha value is -3.59. The molecule has 1 saturated heterocycles. The first-order chi connectivity index (χ1) is 15.1. The van der Waals surface area contributed by atoms with Gasteiger partial charge in [-0.25, -0.2) is 4.98 Å². The van der Waals surface area contributed by atoms with Gasteiger partial charge in [-0.3, -0.25) is 14.5 Å². The second-order valence-corrected chi connectivity index (χ2v) is 7.81. The Bertz CT molecular complexity index is 1190. The molecule has 2 aliphatic rings. The highest BCUT2D eigenvalue weighted by Gasteiger charge is 2.38. The second-order valence-electron chi connectivity index (χ2n) is 7.81. The van der Waals surface area contributed by atoms with Crippen LogP contribution in [0.4, 0.5) is 5.82 Å². The van der Waals surface area contributed by atoms with E-state index < -0.39 is 0 Å². The lowest BCUT2D eigenvalue weighted by Crippen LogP contribution is -2.47. The van der Waals surface area contributed by atoms with Crippen LogP contribution in [0.15, 0.2) is 48.7 Å². The molecule has 2 aromatic heterocycles. The number of piperazine rings is 1. The van der Waals surface area contributed by atoms with Crippen molar-refractivity contribution in [2.24, 2.45) is 0 Å². The molecular weight excluding hydrogens is 396 g/mol. The molecule has 0 radical (unpaired) electrons. The molecule has 0 atom stereocenters. The minimum absolute atomic E-state index is 0.0719. The number of rotatable bonds is 5. The highest BCUT2D eigenvalue weighted by atomic mass is 16.3. The minimum atomic E-state index is -0.320. The number of nitrogens with one attached hydrogen (secondary N) is 1. The SMILES string of the molecule is O=C1c2ccccc2C(=O)c2c1[nH][n+](=O)n2CCCN1CCN(c2ccccn2)CC1. The Morgan fingerprint density at radius 1 is 0.903 bits per heavy atom. The lowest BCUT2D eigenvalue weighted by Gasteiger charge is -2.35. The number of pyridine rings is 1. The van der Waals surface area contributed by atoms with Crippen LogP contribution in [0, 0.1) is 4.91 Å². The summed E-state index contributed by atoms with van der Waals surface area (Å²) in [6, 6.07) is 12.6. The third-order valence-electron chi connectivity index (χ3n) is 5.97. The number of H-pyrrole nitrogens is 1. The Labute approximate surface area is 178 Å². The molecule has 0 saturated carbocycles. The molecule has 158 valence electrons. The average molecular weight is 419 g/mol. The molecular formula is C22H23N6O3+. The molecule has 1 N–H and O–H groups in total. The van der Waals surface area contributed by atoms with Crippen LogP contribution in [0.1, 0.15) is 38.5 Å². The number of anilines is 1. The van der Waals surface area contributed by atoms with Crippen molar-refractivity contribution >= 4 is 17.4 Å². The molecule has 5 rings (SSSR count). The molecule has 3 heterocycles. The van der Waals surface area contributed by atoms with Crippen LogP contribution < -0.4 is 9.56 Å². The number of aromatic amines is 1. The van der Waals surface area contributed by atoms with E-state index in [1.165, 1.54) is 4.68 Å². The van der Waals surface area contributed by atoms with Crippen molar-refractivity contribution in [3.05, 3.63) is 76.1 Å². The number of hydrogen-bond acceptors (Lipinski definition) is 6. The third-order valence-corrected chi connectivity index (χ3v) is 5.97. The van der Waals surface area contributed by atoms with Crippen LogP contribution in [-0.4, -0.2) is 64.0 Å². The zero-order valence-electron chi connectivity index (χ0n) is 17.0. The summed E-state index contributed by atoms with van der Waals surface area (Å²) in [5.41, 5.74) is 0.903. The number of aromatic nitrogens is 4. The summed E-state index contributed by atoms with van der Waals surface area (Å²) in [6.07, 6.45) is 2.50. The second kappa shape index (κ2) is 7.92. The maximum atomic E-state index is 13.0. The minimum Gasteiger partial charge on any atom is -0.354 e. The number of nitrogens with zero attached hydrogens (tertiary/aromatic N) is 5. The molecule has 31 heavy (non-hydrogen) atoms. The van der Waals surface area contributed by atoms with E-state index in [-0.39, 0.29) is 23.0 Å². The third kappa shape index (κ3) is 3.46. The Balaban J connectivity index is 1.24. The van der Waals surface area contributed by atoms with Gasteiger partial charge in [0.15, 0.2) is 11.4 Å². The number of fused-ring (bicyclic) bond motifs is 2. The molecule has 1 aromatic carbocycles. The van der Waals surface area contributed by atoms with Gasteiger partial charge in [-0.15, -0.1) is 0 Å². The van der Waals surface area contributed by atoms with Crippen molar-refractivity contribution in [3.8, 4) is 0 Å². The van der Waals surface area contributed by atoms with E-state index in [1.807, 2.05) is 18.2 Å². The Morgan fingerprint density at radius 3 is 2.32 bits per heavy atom. The lowest BCUT2D eigenvalue weighted by molar-refractivity contribution is -0.652. The van der Waals surface area contributed by atoms with E-state index in [2.05, 4.69) is 19.9 Å². The van der Waals surface area contributed by atoms with Crippen molar-refractivity contribution in [1.29, 1.82) is 0 Å². The van der Waals surface area contributed by atoms with Crippen LogP contribution in [0.2, 0.25) is 0 Å². The van der Waals surface area contributed by atoms with Crippen molar-refractivity contribution in [2.45, 2.75) is 13.0 Å². The first-order valence-corrected chi connectivity index (χ1v) is 10.5. The zero-order chi connectivity index (χ0) is 21.4. The van der Waals surface area contributed by atoms with E-state index in [9.17, 15) is 14.5 Å². The fraction of sp³-hybridized carbons (Fsp3) is 0.318. The molecule has 0 amide bonds. The fourth-order valence-corrected chi connectivity index (χ4v) is 4.35. The highest BCUT2D eigenvalue weighted by Crippen LogP contribution is 2.25. The normalized spacial score (nSPS) is 16.3. The molecule has 0 spiro atoms. The van der Waals surface area contributed by atoms with Crippen molar-refractivity contribution in [1.82, 2.24) is 19.7 Å². The van der Waals surface area contributed by atoms with Gasteiger partial charge in [-0.2, -0.15) is 0 Å². The van der Waals surface area contributed by atoms with Gasteiger partial charge < -0.3 is 4.90 Å². The van der Waals surface area contributed by atoms with Gasteiger partial charge >= 0.3 is 0 Å². The van der Waals surface area contributed by atoms with Crippen molar-refractivity contribution in [3.63, 3.8) is 0 Å². The summed E-state index contributed by atoms with van der Waals surface area (Å²) < 4.78 is 1.85. The van der Waals surface area contributed by atoms with E-state index in [0.717, 1.165) is 38.5 Å². The molecule has 9 nitrogen and oxygen atoms in total. The number of hydrogen-bond donors (Lipinski definition) is 1. The van der Waals surface area contributed by atoms with Gasteiger partial charge in [-0.1, -0.05) is 40.1 Å². The maximum Gasteiger partial charge on any atom is 0.258 e. The Kier molecular flexibility index (Phi) is 4.95. The maximum absolute atomic E-state index is 13.0. The first-order valence-electron chi connectivity index (χ1n) is 10.5. The fourth-order valence-electron chi connectivity index (χ4n) is 4.35. The molecule has 1 aliphatic heterocycles. The predicted molar refractivity (Wildman–Crippen MR) is 113 cm³/mol. The van der Waals surface area contributed by atoms with Crippen LogP contribution >= 0.6 is 0 Å². The number of ketones is 2. The quantitative estimate of drug-likeness (QED) is 0.487. The molecule has 9 heteroatoms. The van der Waals surface area contributed by atoms with Gasteiger partial charge in [0.05, 0.1) is 11.5 Å². The topological polar surface area (TPSA) is 97.2 Å². The van der Waals surface area contributed by atoms with Crippen molar-refractivity contribution < 1.29 is 14.2 Å².